The highest BCUT2D eigenvalue weighted by Crippen LogP contribution is 2.30. The normalized spacial score (nSPS) is 10.6. The summed E-state index contributed by atoms with van der Waals surface area (Å²) in [5.74, 6) is 0.796. The molecule has 3 aromatic heterocycles. The average molecular weight is 301 g/mol. The topological polar surface area (TPSA) is 69.4 Å². The van der Waals surface area contributed by atoms with E-state index in [1.165, 1.54) is 0 Å². The summed E-state index contributed by atoms with van der Waals surface area (Å²) in [7, 11) is 0. The van der Waals surface area contributed by atoms with Crippen LogP contribution in [0.25, 0.3) is 22.5 Å². The summed E-state index contributed by atoms with van der Waals surface area (Å²) in [6.07, 6.45) is 5.43. The van der Waals surface area contributed by atoms with Gasteiger partial charge >= 0.3 is 0 Å². The summed E-state index contributed by atoms with van der Waals surface area (Å²) in [6, 6.07) is 18.3. The van der Waals surface area contributed by atoms with Gasteiger partial charge < -0.3 is 10.3 Å². The van der Waals surface area contributed by atoms with Crippen molar-refractivity contribution >= 4 is 11.5 Å². The van der Waals surface area contributed by atoms with E-state index in [2.05, 4.69) is 38.7 Å². The Balaban J connectivity index is 1.81. The number of nitrogens with one attached hydrogen (secondary N) is 3. The number of aromatic amines is 2. The van der Waals surface area contributed by atoms with Gasteiger partial charge in [-0.15, -0.1) is 0 Å². The largest absolute Gasteiger partial charge is 0.360 e. The molecule has 0 saturated carbocycles. The minimum Gasteiger partial charge on any atom is -0.360 e. The zero-order chi connectivity index (χ0) is 15.5. The Kier molecular flexibility index (Phi) is 3.37. The van der Waals surface area contributed by atoms with E-state index in [1.807, 2.05) is 42.6 Å². The van der Waals surface area contributed by atoms with Crippen molar-refractivity contribution in [1.29, 1.82) is 0 Å². The molecule has 3 N–H and O–H groups in total. The molecule has 0 radical (unpaired) electrons. The summed E-state index contributed by atoms with van der Waals surface area (Å²) in [4.78, 5) is 7.97. The fourth-order valence-electron chi connectivity index (χ4n) is 2.50. The first kappa shape index (κ1) is 13.3. The number of rotatable bonds is 4. The van der Waals surface area contributed by atoms with Gasteiger partial charge in [-0.2, -0.15) is 5.10 Å². The maximum atomic E-state index is 4.78. The first-order chi connectivity index (χ1) is 11.4. The maximum absolute atomic E-state index is 4.78. The molecule has 3 heterocycles. The smallest absolute Gasteiger partial charge is 0.139 e. The van der Waals surface area contributed by atoms with Crippen LogP contribution in [0.15, 0.2) is 73.2 Å². The second-order valence-electron chi connectivity index (χ2n) is 5.15. The number of nitrogens with zero attached hydrogens (tertiary/aromatic N) is 2. The first-order valence-electron chi connectivity index (χ1n) is 7.36. The van der Waals surface area contributed by atoms with Crippen molar-refractivity contribution in [2.75, 3.05) is 5.32 Å². The highest BCUT2D eigenvalue weighted by atomic mass is 15.1. The quantitative estimate of drug-likeness (QED) is 0.529. The molecule has 0 aliphatic heterocycles. The number of aromatic nitrogens is 4. The van der Waals surface area contributed by atoms with E-state index < -0.39 is 0 Å². The van der Waals surface area contributed by atoms with E-state index in [9.17, 15) is 0 Å². The van der Waals surface area contributed by atoms with Gasteiger partial charge in [0.2, 0.25) is 0 Å². The molecule has 112 valence electrons. The van der Waals surface area contributed by atoms with Crippen LogP contribution in [0.3, 0.4) is 0 Å². The van der Waals surface area contributed by atoms with Crippen LogP contribution in [-0.2, 0) is 0 Å². The van der Waals surface area contributed by atoms with Crippen molar-refractivity contribution in [3.63, 3.8) is 0 Å². The number of benzene rings is 1. The molecule has 0 bridgehead atoms. The van der Waals surface area contributed by atoms with Gasteiger partial charge in [-0.3, -0.25) is 5.10 Å². The van der Waals surface area contributed by atoms with Crippen LogP contribution in [-0.4, -0.2) is 20.2 Å². The van der Waals surface area contributed by atoms with Crippen LogP contribution < -0.4 is 5.32 Å². The Bertz CT molecular complexity index is 881. The van der Waals surface area contributed by atoms with E-state index in [0.717, 1.165) is 34.0 Å². The molecule has 23 heavy (non-hydrogen) atoms. The lowest BCUT2D eigenvalue weighted by Gasteiger charge is -2.12. The Morgan fingerprint density at radius 1 is 0.913 bits per heavy atom. The van der Waals surface area contributed by atoms with E-state index >= 15 is 0 Å². The van der Waals surface area contributed by atoms with Crippen molar-refractivity contribution in [2.45, 2.75) is 0 Å². The van der Waals surface area contributed by atoms with Crippen LogP contribution in [0, 0.1) is 0 Å². The molecule has 0 aliphatic rings. The highest BCUT2D eigenvalue weighted by molar-refractivity contribution is 5.80. The second-order valence-corrected chi connectivity index (χ2v) is 5.15. The van der Waals surface area contributed by atoms with Crippen molar-refractivity contribution < 1.29 is 0 Å². The Morgan fingerprint density at radius 2 is 1.83 bits per heavy atom. The molecule has 5 heteroatoms. The SMILES string of the molecule is c1ccc(-c2ccc(-c3ccc[nH]3)nc2Nc2cn[nH]c2)cc1. The maximum Gasteiger partial charge on any atom is 0.139 e. The fourth-order valence-corrected chi connectivity index (χ4v) is 2.50. The van der Waals surface area contributed by atoms with E-state index in [-0.39, 0.29) is 0 Å². The summed E-state index contributed by atoms with van der Waals surface area (Å²) in [5, 5.41) is 10.1. The molecule has 0 saturated heterocycles. The third kappa shape index (κ3) is 2.72. The fraction of sp³-hybridized carbons (Fsp3) is 0. The van der Waals surface area contributed by atoms with Crippen LogP contribution in [0.5, 0.6) is 0 Å². The number of hydrogen-bond donors (Lipinski definition) is 3. The van der Waals surface area contributed by atoms with Crippen LogP contribution in [0.4, 0.5) is 11.5 Å². The minimum atomic E-state index is 0.796. The van der Waals surface area contributed by atoms with Gasteiger partial charge in [0.25, 0.3) is 0 Å². The van der Waals surface area contributed by atoms with Gasteiger partial charge in [0.15, 0.2) is 0 Å². The molecular weight excluding hydrogens is 286 g/mol. The van der Waals surface area contributed by atoms with Gasteiger partial charge in [-0.05, 0) is 29.8 Å². The molecule has 0 spiro atoms. The van der Waals surface area contributed by atoms with Gasteiger partial charge in [0.05, 0.1) is 23.3 Å². The lowest BCUT2D eigenvalue weighted by Crippen LogP contribution is -1.97. The van der Waals surface area contributed by atoms with Crippen molar-refractivity contribution in [3.8, 4) is 22.5 Å². The first-order valence-corrected chi connectivity index (χ1v) is 7.36. The van der Waals surface area contributed by atoms with Crippen LogP contribution in [0.1, 0.15) is 0 Å². The zero-order valence-electron chi connectivity index (χ0n) is 12.3. The Labute approximate surface area is 133 Å². The van der Waals surface area contributed by atoms with E-state index in [0.29, 0.717) is 0 Å². The van der Waals surface area contributed by atoms with Crippen LogP contribution >= 0.6 is 0 Å². The molecular formula is C18H15N5. The predicted octanol–water partition coefficient (Wildman–Crippen LogP) is 4.21. The molecule has 0 fully saturated rings. The van der Waals surface area contributed by atoms with E-state index in [1.54, 1.807) is 12.4 Å². The number of H-pyrrole nitrogens is 2. The Hall–Kier alpha value is -3.34. The second kappa shape index (κ2) is 5.81. The van der Waals surface area contributed by atoms with Gasteiger partial charge in [-0.1, -0.05) is 30.3 Å². The van der Waals surface area contributed by atoms with E-state index in [4.69, 9.17) is 4.98 Å². The molecule has 0 unspecified atom stereocenters. The lowest BCUT2D eigenvalue weighted by atomic mass is 10.1. The zero-order valence-corrected chi connectivity index (χ0v) is 12.3. The third-order valence-electron chi connectivity index (χ3n) is 3.61. The Morgan fingerprint density at radius 3 is 2.57 bits per heavy atom. The van der Waals surface area contributed by atoms with Gasteiger partial charge in [-0.25, -0.2) is 4.98 Å². The minimum absolute atomic E-state index is 0.796. The standard InChI is InChI=1S/C18H15N5/c1-2-5-13(6-3-1)15-8-9-17(16-7-4-10-19-16)23-18(15)22-14-11-20-21-12-14/h1-12,19H,(H,20,21)(H,22,23). The molecule has 5 nitrogen and oxygen atoms in total. The van der Waals surface area contributed by atoms with Crippen molar-refractivity contribution in [1.82, 2.24) is 20.2 Å². The molecule has 1 aromatic carbocycles. The molecule has 4 aromatic rings. The number of anilines is 2. The summed E-state index contributed by atoms with van der Waals surface area (Å²) in [6.45, 7) is 0. The lowest BCUT2D eigenvalue weighted by molar-refractivity contribution is 1.09. The molecule has 0 aliphatic carbocycles. The van der Waals surface area contributed by atoms with Gasteiger partial charge in [0, 0.05) is 18.0 Å². The van der Waals surface area contributed by atoms with Crippen molar-refractivity contribution in [3.05, 3.63) is 73.2 Å². The van der Waals surface area contributed by atoms with Crippen LogP contribution in [0.2, 0.25) is 0 Å². The highest BCUT2D eigenvalue weighted by Gasteiger charge is 2.10. The molecule has 0 amide bonds. The van der Waals surface area contributed by atoms with Gasteiger partial charge in [0.1, 0.15) is 5.82 Å². The third-order valence-corrected chi connectivity index (χ3v) is 3.61. The number of pyridine rings is 1. The average Bonchev–Trinajstić information content (AvgIpc) is 3.29. The molecule has 0 atom stereocenters. The number of hydrogen-bond acceptors (Lipinski definition) is 3. The van der Waals surface area contributed by atoms with Crippen molar-refractivity contribution in [2.24, 2.45) is 0 Å². The summed E-state index contributed by atoms with van der Waals surface area (Å²) in [5.41, 5.74) is 4.91. The summed E-state index contributed by atoms with van der Waals surface area (Å²) < 4.78 is 0. The monoisotopic (exact) mass is 301 g/mol. The predicted molar refractivity (Wildman–Crippen MR) is 91.3 cm³/mol. The summed E-state index contributed by atoms with van der Waals surface area (Å²) >= 11 is 0. The molecule has 4 rings (SSSR count).